The van der Waals surface area contributed by atoms with Crippen LogP contribution in [0, 0.1) is 0 Å². The fraction of sp³-hybridized carbons (Fsp3) is 0.429. The van der Waals surface area contributed by atoms with E-state index in [1.165, 1.54) is 24.0 Å². The molecule has 0 unspecified atom stereocenters. The van der Waals surface area contributed by atoms with Gasteiger partial charge in [-0.3, -0.25) is 0 Å². The smallest absolute Gasteiger partial charge is 0.0779 e. The molecule has 2 rings (SSSR count). The summed E-state index contributed by atoms with van der Waals surface area (Å²) in [5.74, 6) is 0. The monoisotopic (exact) mass is 216 g/mol. The molecule has 0 spiro atoms. The van der Waals surface area contributed by atoms with Crippen molar-refractivity contribution < 1.29 is 0 Å². The third kappa shape index (κ3) is 1.93. The highest BCUT2D eigenvalue weighted by Crippen LogP contribution is 2.35. The highest BCUT2D eigenvalue weighted by atomic mass is 28.3. The van der Waals surface area contributed by atoms with Crippen LogP contribution in [-0.4, -0.2) is 8.07 Å². The first-order chi connectivity index (χ1) is 7.00. The second-order valence-electron chi connectivity index (χ2n) is 5.27. The molecule has 0 saturated heterocycles. The first-order valence-electron chi connectivity index (χ1n) is 5.76. The summed E-state index contributed by atoms with van der Waals surface area (Å²) < 4.78 is 0. The van der Waals surface area contributed by atoms with Crippen LogP contribution in [0.3, 0.4) is 0 Å². The van der Waals surface area contributed by atoms with Crippen molar-refractivity contribution in [2.75, 3.05) is 0 Å². The molecule has 0 saturated carbocycles. The topological polar surface area (TPSA) is 0 Å². The van der Waals surface area contributed by atoms with E-state index in [9.17, 15) is 0 Å². The predicted octanol–water partition coefficient (Wildman–Crippen LogP) is 4.33. The van der Waals surface area contributed by atoms with E-state index in [1.807, 2.05) is 0 Å². The molecule has 0 amide bonds. The molecule has 0 aromatic heterocycles. The van der Waals surface area contributed by atoms with E-state index in [-0.39, 0.29) is 0 Å². The van der Waals surface area contributed by atoms with Crippen LogP contribution in [0.15, 0.2) is 45.8 Å². The summed E-state index contributed by atoms with van der Waals surface area (Å²) in [6, 6.07) is 0. The minimum absolute atomic E-state index is 1.20. The lowest BCUT2D eigenvalue weighted by molar-refractivity contribution is 1.29. The van der Waals surface area contributed by atoms with Gasteiger partial charge >= 0.3 is 0 Å². The summed E-state index contributed by atoms with van der Waals surface area (Å²) in [4.78, 5) is 0. The van der Waals surface area contributed by atoms with Crippen LogP contribution >= 0.6 is 0 Å². The van der Waals surface area contributed by atoms with Gasteiger partial charge in [0.1, 0.15) is 8.07 Å². The van der Waals surface area contributed by atoms with Gasteiger partial charge in [-0.25, -0.2) is 0 Å². The second-order valence-corrected chi connectivity index (χ2v) is 9.80. The molecule has 1 heteroatoms. The van der Waals surface area contributed by atoms with Crippen LogP contribution in [0.2, 0.25) is 13.1 Å². The number of hydrogen-bond acceptors (Lipinski definition) is 0. The average molecular weight is 216 g/mol. The molecule has 0 nitrogen and oxygen atoms in total. The Morgan fingerprint density at radius 2 is 1.27 bits per heavy atom. The van der Waals surface area contributed by atoms with E-state index in [2.05, 4.69) is 51.2 Å². The first kappa shape index (κ1) is 10.7. The zero-order chi connectivity index (χ0) is 11.1. The Labute approximate surface area is 94.1 Å². The molecule has 0 fully saturated rings. The van der Waals surface area contributed by atoms with Crippen molar-refractivity contribution in [3.63, 3.8) is 0 Å². The summed E-state index contributed by atoms with van der Waals surface area (Å²) in [6.45, 7) is 9.40. The third-order valence-electron chi connectivity index (χ3n) is 3.70. The van der Waals surface area contributed by atoms with E-state index in [4.69, 9.17) is 0 Å². The molecule has 15 heavy (non-hydrogen) atoms. The van der Waals surface area contributed by atoms with Crippen LogP contribution in [-0.2, 0) is 0 Å². The molecule has 2 aliphatic carbocycles. The summed E-state index contributed by atoms with van der Waals surface area (Å²) in [5.41, 5.74) is 2.91. The quantitative estimate of drug-likeness (QED) is 0.603. The van der Waals surface area contributed by atoms with Gasteiger partial charge in [-0.2, -0.15) is 0 Å². The Bertz CT molecular complexity index is 365. The predicted molar refractivity (Wildman–Crippen MR) is 70.4 cm³/mol. The molecule has 0 aromatic rings. The minimum atomic E-state index is -1.30. The summed E-state index contributed by atoms with van der Waals surface area (Å²) in [7, 11) is -1.30. The Hall–Kier alpha value is -0.823. The molecule has 0 aliphatic heterocycles. The molecule has 80 valence electrons. The maximum absolute atomic E-state index is 2.49. The molecule has 0 radical (unpaired) electrons. The molecule has 0 aromatic carbocycles. The average Bonchev–Trinajstić information content (AvgIpc) is 2.74. The number of allylic oxidation sites excluding steroid dienone is 8. The minimum Gasteiger partial charge on any atom is -0.0779 e. The van der Waals surface area contributed by atoms with E-state index < -0.39 is 8.07 Å². The lowest BCUT2D eigenvalue weighted by atomic mass is 10.3. The van der Waals surface area contributed by atoms with Gasteiger partial charge in [-0.15, -0.1) is 0 Å². The van der Waals surface area contributed by atoms with Crippen LogP contribution in [0.5, 0.6) is 0 Å². The van der Waals surface area contributed by atoms with E-state index in [1.54, 1.807) is 10.4 Å². The summed E-state index contributed by atoms with van der Waals surface area (Å²) in [5, 5.41) is 3.41. The Morgan fingerprint density at radius 1 is 0.867 bits per heavy atom. The third-order valence-corrected chi connectivity index (χ3v) is 7.61. The highest BCUT2D eigenvalue weighted by Gasteiger charge is 2.31. The van der Waals surface area contributed by atoms with Gasteiger partial charge in [0.25, 0.3) is 0 Å². The molecular formula is C14H20Si. The van der Waals surface area contributed by atoms with Crippen molar-refractivity contribution in [2.45, 2.75) is 39.8 Å². The van der Waals surface area contributed by atoms with E-state index in [0.717, 1.165) is 0 Å². The van der Waals surface area contributed by atoms with Crippen LogP contribution in [0.25, 0.3) is 0 Å². The zero-order valence-corrected chi connectivity index (χ0v) is 11.2. The molecule has 2 aliphatic rings. The Morgan fingerprint density at radius 3 is 1.53 bits per heavy atom. The van der Waals surface area contributed by atoms with Crippen molar-refractivity contribution in [1.82, 2.24) is 0 Å². The van der Waals surface area contributed by atoms with Crippen molar-refractivity contribution in [2.24, 2.45) is 0 Å². The van der Waals surface area contributed by atoms with Crippen molar-refractivity contribution in [3.05, 3.63) is 45.8 Å². The highest BCUT2D eigenvalue weighted by molar-refractivity contribution is 6.90. The summed E-state index contributed by atoms with van der Waals surface area (Å²) in [6.07, 6.45) is 11.9. The largest absolute Gasteiger partial charge is 0.103 e. The lowest BCUT2D eigenvalue weighted by Crippen LogP contribution is -2.31. The first-order valence-corrected chi connectivity index (χ1v) is 8.76. The molecule has 0 atom stereocenters. The van der Waals surface area contributed by atoms with Crippen LogP contribution < -0.4 is 0 Å². The standard InChI is InChI=1S/C14H20Si/c1-11-5-7-13(9-11)15(3,4)14-8-6-12(2)10-14/h5-6,9-10H,7-8H2,1-4H3. The number of rotatable bonds is 2. The Kier molecular flexibility index (Phi) is 2.59. The lowest BCUT2D eigenvalue weighted by Gasteiger charge is -2.26. The van der Waals surface area contributed by atoms with Gasteiger partial charge in [0.15, 0.2) is 0 Å². The van der Waals surface area contributed by atoms with Gasteiger partial charge in [0.2, 0.25) is 0 Å². The maximum Gasteiger partial charge on any atom is 0.103 e. The van der Waals surface area contributed by atoms with E-state index >= 15 is 0 Å². The SMILES string of the molecule is CC1=CCC([Si](C)(C)C2=CC(C)=CC2)=C1. The van der Waals surface area contributed by atoms with Crippen LogP contribution in [0.4, 0.5) is 0 Å². The van der Waals surface area contributed by atoms with Gasteiger partial charge in [-0.1, -0.05) is 58.9 Å². The second kappa shape index (κ2) is 3.64. The molecule has 0 N–H and O–H groups in total. The number of hydrogen-bond donors (Lipinski definition) is 0. The fourth-order valence-corrected chi connectivity index (χ4v) is 5.22. The zero-order valence-electron chi connectivity index (χ0n) is 10.2. The normalized spacial score (nSPS) is 21.1. The molecular weight excluding hydrogens is 196 g/mol. The fourth-order valence-electron chi connectivity index (χ4n) is 2.40. The maximum atomic E-state index is 2.49. The van der Waals surface area contributed by atoms with Gasteiger partial charge in [0, 0.05) is 0 Å². The van der Waals surface area contributed by atoms with Crippen molar-refractivity contribution >= 4 is 8.07 Å². The van der Waals surface area contributed by atoms with Gasteiger partial charge < -0.3 is 0 Å². The van der Waals surface area contributed by atoms with Gasteiger partial charge in [-0.05, 0) is 26.7 Å². The van der Waals surface area contributed by atoms with Crippen molar-refractivity contribution in [3.8, 4) is 0 Å². The van der Waals surface area contributed by atoms with Crippen molar-refractivity contribution in [1.29, 1.82) is 0 Å². The molecule has 0 heterocycles. The summed E-state index contributed by atoms with van der Waals surface area (Å²) >= 11 is 0. The van der Waals surface area contributed by atoms with Gasteiger partial charge in [0.05, 0.1) is 0 Å². The van der Waals surface area contributed by atoms with E-state index in [0.29, 0.717) is 0 Å². The molecule has 0 bridgehead atoms. The van der Waals surface area contributed by atoms with Crippen LogP contribution in [0.1, 0.15) is 26.7 Å². The Balaban J connectivity index is 2.22.